The molecule has 0 aliphatic carbocycles. The first-order valence-electron chi connectivity index (χ1n) is 46.9. The normalized spacial score (nSPS) is 25.1. The summed E-state index contributed by atoms with van der Waals surface area (Å²) in [4.78, 5) is 13.6. The van der Waals surface area contributed by atoms with E-state index in [1.807, 2.05) is 0 Å². The highest BCUT2D eigenvalue weighted by Crippen LogP contribution is 2.34. The van der Waals surface area contributed by atoms with E-state index in [9.17, 15) is 61.0 Å². The van der Waals surface area contributed by atoms with Gasteiger partial charge in [-0.05, 0) is 51.4 Å². The summed E-state index contributed by atoms with van der Waals surface area (Å²) in [6.07, 6.45) is 68.0. The van der Waals surface area contributed by atoms with Gasteiger partial charge in [0.2, 0.25) is 5.91 Å². The van der Waals surface area contributed by atoms with E-state index in [4.69, 9.17) is 28.4 Å². The number of aliphatic hydroxyl groups is 11. The van der Waals surface area contributed by atoms with Crippen molar-refractivity contribution in [2.75, 3.05) is 26.4 Å². The van der Waals surface area contributed by atoms with Crippen LogP contribution in [0.1, 0.15) is 406 Å². The number of amides is 1. The minimum atomic E-state index is -1.97. The quantitative estimate of drug-likeness (QED) is 0.0199. The summed E-state index contributed by atoms with van der Waals surface area (Å²) in [5.41, 5.74) is 0. The predicted molar refractivity (Wildman–Crippen MR) is 452 cm³/mol. The number of rotatable bonds is 77. The molecule has 3 rings (SSSR count). The van der Waals surface area contributed by atoms with E-state index in [0.717, 1.165) is 70.6 Å². The van der Waals surface area contributed by atoms with Crippen molar-refractivity contribution in [3.05, 3.63) is 48.6 Å². The number of ether oxygens (including phenoxy) is 6. The Morgan fingerprint density at radius 3 is 0.964 bits per heavy atom. The molecule has 0 aromatic rings. The molecule has 0 aromatic heterocycles. The maximum Gasteiger partial charge on any atom is 0.220 e. The highest BCUT2D eigenvalue weighted by atomic mass is 16.8. The molecule has 19 nitrogen and oxygen atoms in total. The van der Waals surface area contributed by atoms with E-state index >= 15 is 0 Å². The van der Waals surface area contributed by atoms with Gasteiger partial charge in [-0.25, -0.2) is 0 Å². The van der Waals surface area contributed by atoms with Crippen LogP contribution in [-0.4, -0.2) is 193 Å². The van der Waals surface area contributed by atoms with E-state index in [-0.39, 0.29) is 18.9 Å². The van der Waals surface area contributed by atoms with Crippen LogP contribution in [0.5, 0.6) is 0 Å². The number of hydrogen-bond acceptors (Lipinski definition) is 18. The molecular weight excluding hydrogens is 1420 g/mol. The maximum atomic E-state index is 13.6. The van der Waals surface area contributed by atoms with Crippen LogP contribution in [0.15, 0.2) is 48.6 Å². The summed E-state index contributed by atoms with van der Waals surface area (Å²) in [5, 5.41) is 121. The summed E-state index contributed by atoms with van der Waals surface area (Å²) < 4.78 is 34.6. The predicted octanol–water partition coefficient (Wildman–Crippen LogP) is 18.4. The minimum Gasteiger partial charge on any atom is -0.394 e. The lowest BCUT2D eigenvalue weighted by atomic mass is 9.96. The van der Waals surface area contributed by atoms with E-state index in [1.165, 1.54) is 302 Å². The number of hydrogen-bond donors (Lipinski definition) is 12. The Morgan fingerprint density at radius 1 is 0.330 bits per heavy atom. The van der Waals surface area contributed by atoms with Gasteiger partial charge in [-0.3, -0.25) is 4.79 Å². The van der Waals surface area contributed by atoms with E-state index in [0.29, 0.717) is 12.8 Å². The molecule has 0 aromatic carbocycles. The fraction of sp³-hybridized carbons (Fsp3) is 0.903. The molecule has 3 fully saturated rings. The highest BCUT2D eigenvalue weighted by Gasteiger charge is 2.54. The van der Waals surface area contributed by atoms with Crippen LogP contribution in [-0.2, 0) is 33.2 Å². The lowest BCUT2D eigenvalue weighted by Gasteiger charge is -2.48. The first kappa shape index (κ1) is 104. The van der Waals surface area contributed by atoms with Crippen molar-refractivity contribution in [1.82, 2.24) is 5.32 Å². The van der Waals surface area contributed by atoms with Crippen molar-refractivity contribution < 1.29 is 89.4 Å². The van der Waals surface area contributed by atoms with E-state index in [2.05, 4.69) is 67.8 Å². The fourth-order valence-corrected chi connectivity index (χ4v) is 16.0. The number of unbranched alkanes of at least 4 members (excludes halogenated alkanes) is 53. The van der Waals surface area contributed by atoms with Crippen LogP contribution in [0.3, 0.4) is 0 Å². The van der Waals surface area contributed by atoms with Crippen LogP contribution < -0.4 is 5.32 Å². The average molecular weight is 1590 g/mol. The molecule has 0 radical (unpaired) electrons. The van der Waals surface area contributed by atoms with Gasteiger partial charge in [0.15, 0.2) is 18.9 Å². The molecule has 658 valence electrons. The second kappa shape index (κ2) is 72.7. The third kappa shape index (κ3) is 50.6. The summed E-state index contributed by atoms with van der Waals surface area (Å²) in [7, 11) is 0. The molecule has 3 heterocycles. The smallest absolute Gasteiger partial charge is 0.220 e. The molecule has 12 N–H and O–H groups in total. The second-order valence-electron chi connectivity index (χ2n) is 33.5. The third-order valence-electron chi connectivity index (χ3n) is 23.4. The van der Waals surface area contributed by atoms with Crippen molar-refractivity contribution >= 4 is 5.91 Å². The van der Waals surface area contributed by atoms with Crippen molar-refractivity contribution in [2.24, 2.45) is 0 Å². The Bertz CT molecular complexity index is 2200. The SMILES string of the molecule is CC/C=C\C/C=C\C/C=C\C/C=C\CCCCCCCCCCCCCCCCCCCCCCCCCCC(=O)NC(COC1OC(CO)C(OC2OC(CO)C(OC3OC(CO)C(O)C(O)C3O)C(O)C2O)C(O)C1O)C(O)CCCCCCCCCCCCCCCCCCCCCCCCCCCCCCCC. The molecule has 17 unspecified atom stereocenters. The molecule has 17 atom stereocenters. The second-order valence-corrected chi connectivity index (χ2v) is 33.5. The average Bonchev–Trinajstić information content (AvgIpc) is 0.781. The molecule has 3 saturated heterocycles. The Hall–Kier alpha value is -2.25. The van der Waals surface area contributed by atoms with E-state index in [1.54, 1.807) is 0 Å². The summed E-state index contributed by atoms with van der Waals surface area (Å²) in [6, 6.07) is -0.888. The topological polar surface area (TPSA) is 307 Å². The lowest BCUT2D eigenvalue weighted by Crippen LogP contribution is -2.66. The summed E-state index contributed by atoms with van der Waals surface area (Å²) in [5.74, 6) is -0.234. The monoisotopic (exact) mass is 1590 g/mol. The molecule has 3 aliphatic heterocycles. The molecule has 1 amide bonds. The molecule has 112 heavy (non-hydrogen) atoms. The van der Waals surface area contributed by atoms with Gasteiger partial charge in [-0.2, -0.15) is 0 Å². The standard InChI is InChI=1S/C93H173NO18/c1-3-5-7-9-11-13-15-17-19-21-23-25-27-29-31-33-35-36-37-38-39-40-41-43-45-47-49-51-53-55-57-59-61-63-65-67-69-71-81(99)94-76(77(98)70-68-66-64-62-60-58-56-54-52-50-48-46-44-42-34-32-30-28-26-24-22-20-18-16-14-12-10-8-6-4-2)75-107-91-87(105)84(102)89(79(73-96)109-91)112-93-88(106)85(103)90(80(74-97)110-93)111-92-86(104)83(101)82(100)78(72-95)108-92/h5,7,11,13,17,19,23,25,76-80,82-93,95-98,100-106H,3-4,6,8-10,12,14-16,18,20-22,24,26-75H2,1-2H3,(H,94,99)/b7-5-,13-11-,19-17-,25-23-. The number of carbonyl (C=O) groups excluding carboxylic acids is 1. The Labute approximate surface area is 682 Å². The van der Waals surface area contributed by atoms with Crippen molar-refractivity contribution in [3.8, 4) is 0 Å². The Balaban J connectivity index is 1.30. The number of nitrogens with one attached hydrogen (secondary N) is 1. The van der Waals surface area contributed by atoms with Gasteiger partial charge < -0.3 is 89.9 Å². The number of carbonyl (C=O) groups is 1. The number of aliphatic hydroxyl groups excluding tert-OH is 11. The summed E-state index contributed by atoms with van der Waals surface area (Å²) >= 11 is 0. The highest BCUT2D eigenvalue weighted by molar-refractivity contribution is 5.76. The van der Waals surface area contributed by atoms with Gasteiger partial charge in [0.05, 0.1) is 38.6 Å². The van der Waals surface area contributed by atoms with Gasteiger partial charge in [-0.15, -0.1) is 0 Å². The molecular formula is C93H173NO18. The molecule has 0 bridgehead atoms. The molecule has 3 aliphatic rings. The molecule has 0 saturated carbocycles. The van der Waals surface area contributed by atoms with Crippen LogP contribution in [0.4, 0.5) is 0 Å². The zero-order valence-electron chi connectivity index (χ0n) is 71.2. The molecule has 0 spiro atoms. The Kier molecular flexibility index (Phi) is 67.5. The zero-order valence-corrected chi connectivity index (χ0v) is 71.2. The van der Waals surface area contributed by atoms with Crippen LogP contribution >= 0.6 is 0 Å². The fourth-order valence-electron chi connectivity index (χ4n) is 16.0. The van der Waals surface area contributed by atoms with Crippen LogP contribution in [0.25, 0.3) is 0 Å². The first-order chi connectivity index (χ1) is 54.8. The van der Waals surface area contributed by atoms with E-state index < -0.39 is 124 Å². The van der Waals surface area contributed by atoms with Crippen LogP contribution in [0, 0.1) is 0 Å². The molecule has 19 heteroatoms. The third-order valence-corrected chi connectivity index (χ3v) is 23.4. The van der Waals surface area contributed by atoms with Crippen molar-refractivity contribution in [3.63, 3.8) is 0 Å². The van der Waals surface area contributed by atoms with Gasteiger partial charge in [0.25, 0.3) is 0 Å². The van der Waals surface area contributed by atoms with Gasteiger partial charge in [-0.1, -0.05) is 396 Å². The van der Waals surface area contributed by atoms with Crippen LogP contribution in [0.2, 0.25) is 0 Å². The first-order valence-corrected chi connectivity index (χ1v) is 46.9. The van der Waals surface area contributed by atoms with Gasteiger partial charge in [0, 0.05) is 6.42 Å². The van der Waals surface area contributed by atoms with Crippen molar-refractivity contribution in [1.29, 1.82) is 0 Å². The lowest BCUT2D eigenvalue weighted by molar-refractivity contribution is -0.379. The van der Waals surface area contributed by atoms with Crippen molar-refractivity contribution in [2.45, 2.75) is 510 Å². The zero-order chi connectivity index (χ0) is 81.0. The Morgan fingerprint density at radius 2 is 0.616 bits per heavy atom. The maximum absolute atomic E-state index is 13.6. The van der Waals surface area contributed by atoms with Gasteiger partial charge >= 0.3 is 0 Å². The minimum absolute atomic E-state index is 0.234. The largest absolute Gasteiger partial charge is 0.394 e. The van der Waals surface area contributed by atoms with Gasteiger partial charge in [0.1, 0.15) is 73.2 Å². The number of allylic oxidation sites excluding steroid dienone is 8. The summed E-state index contributed by atoms with van der Waals surface area (Å²) in [6.45, 7) is 1.76.